The van der Waals surface area contributed by atoms with Gasteiger partial charge in [0.15, 0.2) is 0 Å². The Kier molecular flexibility index (Phi) is 2.21. The van der Waals surface area contributed by atoms with Crippen molar-refractivity contribution in [3.63, 3.8) is 0 Å². The summed E-state index contributed by atoms with van der Waals surface area (Å²) in [5.41, 5.74) is 0.286. The second kappa shape index (κ2) is 2.93. The average molecular weight is 217 g/mol. The third kappa shape index (κ3) is 1.69. The Hall–Kier alpha value is -0.180. The smallest absolute Gasteiger partial charge is 0.262 e. The molecule has 2 fully saturated rings. The lowest BCUT2D eigenvalue weighted by Gasteiger charge is -2.38. The zero-order valence-electron chi connectivity index (χ0n) is 10.1. The fourth-order valence-corrected chi connectivity index (χ4v) is 3.31. The van der Waals surface area contributed by atoms with Crippen molar-refractivity contribution in [1.29, 1.82) is 0 Å². The van der Waals surface area contributed by atoms with Crippen LogP contribution in [0.25, 0.3) is 0 Å². The maximum Gasteiger partial charge on any atom is 0.262 e. The summed E-state index contributed by atoms with van der Waals surface area (Å²) in [6.07, 6.45) is 2.28. The molecule has 15 heavy (non-hydrogen) atoms. The summed E-state index contributed by atoms with van der Waals surface area (Å²) in [5, 5.41) is 0. The quantitative estimate of drug-likeness (QED) is 0.652. The third-order valence-electron chi connectivity index (χ3n) is 4.42. The highest BCUT2D eigenvalue weighted by molar-refractivity contribution is 5.12. The molecule has 0 aromatic carbocycles. The summed E-state index contributed by atoms with van der Waals surface area (Å²) in [6.45, 7) is 6.49. The number of halogens is 2. The van der Waals surface area contributed by atoms with Crippen LogP contribution in [0.2, 0.25) is 0 Å². The van der Waals surface area contributed by atoms with Crippen molar-refractivity contribution in [3.05, 3.63) is 0 Å². The molecular weight excluding hydrogens is 196 g/mol. The Morgan fingerprint density at radius 2 is 1.73 bits per heavy atom. The second-order valence-corrected chi connectivity index (χ2v) is 6.40. The van der Waals surface area contributed by atoms with Gasteiger partial charge in [-0.2, -0.15) is 0 Å². The van der Waals surface area contributed by atoms with E-state index in [1.54, 1.807) is 0 Å². The van der Waals surface area contributed by atoms with Crippen LogP contribution in [0.1, 0.15) is 40.0 Å². The van der Waals surface area contributed by atoms with E-state index in [0.717, 1.165) is 12.8 Å². The topological polar surface area (TPSA) is 3.24 Å². The lowest BCUT2D eigenvalue weighted by Crippen LogP contribution is -2.41. The van der Waals surface area contributed by atoms with Crippen molar-refractivity contribution >= 4 is 0 Å². The third-order valence-corrected chi connectivity index (χ3v) is 4.42. The van der Waals surface area contributed by atoms with E-state index in [0.29, 0.717) is 0 Å². The van der Waals surface area contributed by atoms with Crippen LogP contribution in [-0.4, -0.2) is 30.5 Å². The maximum atomic E-state index is 13.3. The molecule has 0 aromatic rings. The molecule has 1 saturated carbocycles. The van der Waals surface area contributed by atoms with Crippen molar-refractivity contribution in [2.24, 2.45) is 10.8 Å². The number of rotatable bonds is 1. The second-order valence-electron chi connectivity index (χ2n) is 6.40. The SMILES string of the molecule is CN1CC(F)(F)CC1C1(C(C)(C)C)CC1. The van der Waals surface area contributed by atoms with Gasteiger partial charge < -0.3 is 0 Å². The molecular formula is C12H21F2N. The first-order valence-electron chi connectivity index (χ1n) is 5.76. The number of likely N-dealkylation sites (tertiary alicyclic amines) is 1. The van der Waals surface area contributed by atoms with Crippen molar-refractivity contribution in [1.82, 2.24) is 4.90 Å². The summed E-state index contributed by atoms with van der Waals surface area (Å²) in [4.78, 5) is 1.87. The lowest BCUT2D eigenvalue weighted by molar-refractivity contribution is 0.0122. The van der Waals surface area contributed by atoms with Crippen molar-refractivity contribution < 1.29 is 8.78 Å². The molecule has 0 amide bonds. The lowest BCUT2D eigenvalue weighted by atomic mass is 9.72. The largest absolute Gasteiger partial charge is 0.297 e. The fourth-order valence-electron chi connectivity index (χ4n) is 3.31. The molecule has 1 heterocycles. The first-order valence-corrected chi connectivity index (χ1v) is 5.76. The van der Waals surface area contributed by atoms with Crippen molar-refractivity contribution in [2.75, 3.05) is 13.6 Å². The summed E-state index contributed by atoms with van der Waals surface area (Å²) >= 11 is 0. The molecule has 1 saturated heterocycles. The van der Waals surface area contributed by atoms with Crippen molar-refractivity contribution in [2.45, 2.75) is 52.0 Å². The predicted molar refractivity (Wildman–Crippen MR) is 57.1 cm³/mol. The maximum absolute atomic E-state index is 13.3. The predicted octanol–water partition coefficient (Wildman–Crippen LogP) is 3.15. The van der Waals surface area contributed by atoms with Crippen LogP contribution < -0.4 is 0 Å². The number of alkyl halides is 2. The highest BCUT2D eigenvalue weighted by Crippen LogP contribution is 2.64. The summed E-state index contributed by atoms with van der Waals surface area (Å²) in [7, 11) is 1.84. The first-order chi connectivity index (χ1) is 6.68. The summed E-state index contributed by atoms with van der Waals surface area (Å²) in [6, 6.07) is 0.0764. The molecule has 0 N–H and O–H groups in total. The highest BCUT2D eigenvalue weighted by Gasteiger charge is 2.62. The number of hydrogen-bond donors (Lipinski definition) is 0. The highest BCUT2D eigenvalue weighted by atomic mass is 19.3. The van der Waals surface area contributed by atoms with Crippen LogP contribution in [0.5, 0.6) is 0 Å². The van der Waals surface area contributed by atoms with E-state index < -0.39 is 5.92 Å². The van der Waals surface area contributed by atoms with Crippen LogP contribution in [0.3, 0.4) is 0 Å². The van der Waals surface area contributed by atoms with E-state index in [9.17, 15) is 8.78 Å². The Balaban J connectivity index is 2.19. The summed E-state index contributed by atoms with van der Waals surface area (Å²) < 4.78 is 26.7. The molecule has 0 aromatic heterocycles. The van der Waals surface area contributed by atoms with E-state index in [2.05, 4.69) is 20.8 Å². The molecule has 1 unspecified atom stereocenters. The van der Waals surface area contributed by atoms with Gasteiger partial charge in [-0.3, -0.25) is 4.90 Å². The van der Waals surface area contributed by atoms with Gasteiger partial charge in [0.25, 0.3) is 5.92 Å². The van der Waals surface area contributed by atoms with E-state index in [-0.39, 0.29) is 29.8 Å². The molecule has 2 aliphatic rings. The van der Waals surface area contributed by atoms with E-state index in [1.165, 1.54) is 0 Å². The molecule has 1 nitrogen and oxygen atoms in total. The van der Waals surface area contributed by atoms with Gasteiger partial charge in [-0.15, -0.1) is 0 Å². The zero-order valence-corrected chi connectivity index (χ0v) is 10.1. The number of hydrogen-bond acceptors (Lipinski definition) is 1. The molecule has 0 radical (unpaired) electrons. The van der Waals surface area contributed by atoms with E-state index in [4.69, 9.17) is 0 Å². The molecule has 2 rings (SSSR count). The van der Waals surface area contributed by atoms with E-state index in [1.807, 2.05) is 11.9 Å². The Bertz CT molecular complexity index is 263. The van der Waals surface area contributed by atoms with Gasteiger partial charge >= 0.3 is 0 Å². The van der Waals surface area contributed by atoms with Gasteiger partial charge in [-0.05, 0) is 30.7 Å². The van der Waals surface area contributed by atoms with Gasteiger partial charge in [-0.25, -0.2) is 8.78 Å². The molecule has 88 valence electrons. The van der Waals surface area contributed by atoms with Crippen LogP contribution in [-0.2, 0) is 0 Å². The minimum absolute atomic E-state index is 0.0563. The van der Waals surface area contributed by atoms with Crippen molar-refractivity contribution in [3.8, 4) is 0 Å². The monoisotopic (exact) mass is 217 g/mol. The van der Waals surface area contributed by atoms with Gasteiger partial charge in [-0.1, -0.05) is 20.8 Å². The van der Waals surface area contributed by atoms with Crippen LogP contribution >= 0.6 is 0 Å². The molecule has 1 atom stereocenters. The Labute approximate surface area is 90.8 Å². The van der Waals surface area contributed by atoms with Gasteiger partial charge in [0.05, 0.1) is 6.54 Å². The van der Waals surface area contributed by atoms with Crippen LogP contribution in [0.4, 0.5) is 8.78 Å². The van der Waals surface area contributed by atoms with Crippen LogP contribution in [0, 0.1) is 10.8 Å². The van der Waals surface area contributed by atoms with Crippen LogP contribution in [0.15, 0.2) is 0 Å². The molecule has 1 aliphatic carbocycles. The average Bonchev–Trinajstić information content (AvgIpc) is 2.73. The number of nitrogens with zero attached hydrogens (tertiary/aromatic N) is 1. The van der Waals surface area contributed by atoms with Gasteiger partial charge in [0.2, 0.25) is 0 Å². The van der Waals surface area contributed by atoms with Gasteiger partial charge in [0, 0.05) is 12.5 Å². The molecule has 0 spiro atoms. The fraction of sp³-hybridized carbons (Fsp3) is 1.00. The molecule has 0 bridgehead atoms. The molecule has 3 heteroatoms. The molecule has 1 aliphatic heterocycles. The Morgan fingerprint density at radius 3 is 2.00 bits per heavy atom. The summed E-state index contributed by atoms with van der Waals surface area (Å²) in [5.74, 6) is -2.47. The minimum atomic E-state index is -2.47. The minimum Gasteiger partial charge on any atom is -0.297 e. The standard InChI is InChI=1S/C12H21F2N/c1-10(2,3)11(5-6-11)9-7-12(13,14)8-15(9)4/h9H,5-8H2,1-4H3. The van der Waals surface area contributed by atoms with Gasteiger partial charge in [0.1, 0.15) is 0 Å². The first kappa shape index (κ1) is 11.3. The van der Waals surface area contributed by atoms with E-state index >= 15 is 0 Å². The normalized spacial score (nSPS) is 34.4. The Morgan fingerprint density at radius 1 is 1.20 bits per heavy atom. The zero-order chi connectivity index (χ0) is 11.5.